The van der Waals surface area contributed by atoms with Crippen molar-refractivity contribution in [3.8, 4) is 17.2 Å². The molecule has 3 rings (SSSR count). The Bertz CT molecular complexity index is 1400. The fourth-order valence-electron chi connectivity index (χ4n) is 3.43. The van der Waals surface area contributed by atoms with Crippen LogP contribution in [-0.2, 0) is 19.6 Å². The highest BCUT2D eigenvalue weighted by molar-refractivity contribution is 7.92. The molecular weight excluding hydrogens is 524 g/mol. The van der Waals surface area contributed by atoms with Crippen LogP contribution in [0.2, 0.25) is 5.02 Å². The van der Waals surface area contributed by atoms with E-state index in [9.17, 15) is 18.0 Å². The van der Waals surface area contributed by atoms with E-state index < -0.39 is 28.4 Å². The Hall–Kier alpha value is -3.96. The minimum atomic E-state index is -4.20. The van der Waals surface area contributed by atoms with Crippen LogP contribution < -0.4 is 23.8 Å². The molecular formula is C25H25ClN2O8S. The number of sulfonamides is 1. The van der Waals surface area contributed by atoms with Crippen molar-refractivity contribution in [2.75, 3.05) is 44.6 Å². The van der Waals surface area contributed by atoms with E-state index in [0.29, 0.717) is 5.75 Å². The summed E-state index contributed by atoms with van der Waals surface area (Å²) in [6, 6.07) is 14.7. The van der Waals surface area contributed by atoms with Crippen molar-refractivity contribution >= 4 is 44.9 Å². The van der Waals surface area contributed by atoms with Gasteiger partial charge in [0, 0.05) is 12.1 Å². The molecule has 0 bridgehead atoms. The third kappa shape index (κ3) is 6.07. The third-order valence-corrected chi connectivity index (χ3v) is 7.33. The number of halogens is 1. The molecule has 1 N–H and O–H groups in total. The molecule has 1 amide bonds. The number of nitrogens with one attached hydrogen (secondary N) is 1. The van der Waals surface area contributed by atoms with Gasteiger partial charge in [0.05, 0.1) is 55.3 Å². The van der Waals surface area contributed by atoms with Crippen LogP contribution in [0.15, 0.2) is 65.6 Å². The number of hydrogen-bond donors (Lipinski definition) is 1. The summed E-state index contributed by atoms with van der Waals surface area (Å²) >= 11 is 6.25. The number of benzene rings is 3. The van der Waals surface area contributed by atoms with Crippen LogP contribution in [-0.4, -0.2) is 55.3 Å². The minimum absolute atomic E-state index is 0.0153. The number of carbonyl (C=O) groups is 2. The van der Waals surface area contributed by atoms with Gasteiger partial charge in [-0.3, -0.25) is 9.10 Å². The summed E-state index contributed by atoms with van der Waals surface area (Å²) < 4.78 is 48.5. The molecule has 10 nitrogen and oxygen atoms in total. The molecule has 196 valence electrons. The fourth-order valence-corrected chi connectivity index (χ4v) is 5.11. The van der Waals surface area contributed by atoms with Gasteiger partial charge in [-0.2, -0.15) is 0 Å². The number of anilines is 2. The van der Waals surface area contributed by atoms with Gasteiger partial charge in [0.2, 0.25) is 5.91 Å². The van der Waals surface area contributed by atoms with Crippen LogP contribution in [0.5, 0.6) is 17.2 Å². The number of rotatable bonds is 10. The van der Waals surface area contributed by atoms with Gasteiger partial charge in [0.15, 0.2) is 11.5 Å². The highest BCUT2D eigenvalue weighted by Crippen LogP contribution is 2.35. The Balaban J connectivity index is 2.04. The Morgan fingerprint density at radius 2 is 1.49 bits per heavy atom. The summed E-state index contributed by atoms with van der Waals surface area (Å²) in [5.74, 6) is -0.682. The van der Waals surface area contributed by atoms with Crippen molar-refractivity contribution in [1.29, 1.82) is 0 Å². The molecule has 0 saturated carbocycles. The summed E-state index contributed by atoms with van der Waals surface area (Å²) in [6.07, 6.45) is 0. The van der Waals surface area contributed by atoms with Gasteiger partial charge in [0.25, 0.3) is 10.0 Å². The van der Waals surface area contributed by atoms with Gasteiger partial charge in [-0.05, 0) is 30.3 Å². The lowest BCUT2D eigenvalue weighted by molar-refractivity contribution is -0.114. The van der Waals surface area contributed by atoms with Crippen molar-refractivity contribution in [3.63, 3.8) is 0 Å². The first kappa shape index (κ1) is 27.6. The van der Waals surface area contributed by atoms with E-state index >= 15 is 0 Å². The number of methoxy groups -OCH3 is 4. The average molecular weight is 549 g/mol. The fraction of sp³-hybridized carbons (Fsp3) is 0.200. The molecule has 0 heterocycles. The zero-order valence-electron chi connectivity index (χ0n) is 20.5. The zero-order valence-corrected chi connectivity index (χ0v) is 22.1. The Labute approximate surface area is 219 Å². The van der Waals surface area contributed by atoms with Crippen LogP contribution in [0.25, 0.3) is 0 Å². The van der Waals surface area contributed by atoms with Gasteiger partial charge in [-0.1, -0.05) is 29.8 Å². The topological polar surface area (TPSA) is 120 Å². The summed E-state index contributed by atoms with van der Waals surface area (Å²) in [6.45, 7) is -0.644. The van der Waals surface area contributed by atoms with Crippen molar-refractivity contribution < 1.29 is 37.0 Å². The van der Waals surface area contributed by atoms with Crippen LogP contribution in [0.1, 0.15) is 10.4 Å². The van der Waals surface area contributed by atoms with Gasteiger partial charge >= 0.3 is 5.97 Å². The third-order valence-electron chi connectivity index (χ3n) is 5.24. The standard InChI is InChI=1S/C25H25ClN2O8S/c1-33-21-11-10-16(12-19(21)26)28(37(31,32)17-8-6-5-7-9-17)15-24(29)27-20-14-23(35-3)22(34-2)13-18(20)25(30)36-4/h5-14H,15H2,1-4H3,(H,27,29). The highest BCUT2D eigenvalue weighted by atomic mass is 35.5. The minimum Gasteiger partial charge on any atom is -0.495 e. The molecule has 0 spiro atoms. The smallest absolute Gasteiger partial charge is 0.340 e. The quantitative estimate of drug-likeness (QED) is 0.378. The highest BCUT2D eigenvalue weighted by Gasteiger charge is 2.28. The van der Waals surface area contributed by atoms with E-state index in [2.05, 4.69) is 5.32 Å². The summed E-state index contributed by atoms with van der Waals surface area (Å²) in [5.41, 5.74) is 0.156. The van der Waals surface area contributed by atoms with Crippen molar-refractivity contribution in [1.82, 2.24) is 0 Å². The molecule has 0 aliphatic rings. The Morgan fingerprint density at radius 1 is 0.865 bits per heavy atom. The Morgan fingerprint density at radius 3 is 2.05 bits per heavy atom. The molecule has 0 radical (unpaired) electrons. The number of esters is 1. The van der Waals surface area contributed by atoms with Gasteiger partial charge in [0.1, 0.15) is 12.3 Å². The normalized spacial score (nSPS) is 10.8. The first-order valence-corrected chi connectivity index (χ1v) is 12.5. The molecule has 37 heavy (non-hydrogen) atoms. The SMILES string of the molecule is COC(=O)c1cc(OC)c(OC)cc1NC(=O)CN(c1ccc(OC)c(Cl)c1)S(=O)(=O)c1ccccc1. The summed E-state index contributed by atoms with van der Waals surface area (Å²) in [4.78, 5) is 25.5. The van der Waals surface area contributed by atoms with E-state index in [1.807, 2.05) is 0 Å². The number of carbonyl (C=O) groups excluding carboxylic acids is 2. The molecule has 0 saturated heterocycles. The predicted molar refractivity (Wildman–Crippen MR) is 138 cm³/mol. The van der Waals surface area contributed by atoms with Crippen LogP contribution in [0.4, 0.5) is 11.4 Å². The monoisotopic (exact) mass is 548 g/mol. The van der Waals surface area contributed by atoms with Crippen molar-refractivity contribution in [3.05, 3.63) is 71.2 Å². The Kier molecular flexibility index (Phi) is 8.85. The zero-order chi connectivity index (χ0) is 27.2. The van der Waals surface area contributed by atoms with E-state index in [1.165, 1.54) is 70.9 Å². The second kappa shape index (κ2) is 11.8. The molecule has 12 heteroatoms. The average Bonchev–Trinajstić information content (AvgIpc) is 2.91. The van der Waals surface area contributed by atoms with Crippen molar-refractivity contribution in [2.45, 2.75) is 4.90 Å². The number of amides is 1. The molecule has 0 fully saturated rings. The molecule has 0 aliphatic carbocycles. The van der Waals surface area contributed by atoms with Gasteiger partial charge in [-0.25, -0.2) is 13.2 Å². The first-order valence-electron chi connectivity index (χ1n) is 10.7. The number of hydrogen-bond acceptors (Lipinski definition) is 8. The van der Waals surface area contributed by atoms with E-state index in [1.54, 1.807) is 18.2 Å². The molecule has 0 aromatic heterocycles. The largest absolute Gasteiger partial charge is 0.495 e. The lowest BCUT2D eigenvalue weighted by atomic mass is 10.1. The van der Waals surface area contributed by atoms with E-state index in [4.69, 9.17) is 30.5 Å². The second-order valence-corrected chi connectivity index (χ2v) is 9.71. The number of nitrogens with zero attached hydrogens (tertiary/aromatic N) is 1. The van der Waals surface area contributed by atoms with Gasteiger partial charge in [-0.15, -0.1) is 0 Å². The maximum absolute atomic E-state index is 13.6. The predicted octanol–water partition coefficient (Wildman–Crippen LogP) is 3.99. The van der Waals surface area contributed by atoms with Crippen LogP contribution >= 0.6 is 11.6 Å². The van der Waals surface area contributed by atoms with E-state index in [0.717, 1.165) is 4.31 Å². The summed E-state index contributed by atoms with van der Waals surface area (Å²) in [7, 11) is 1.20. The first-order chi connectivity index (χ1) is 17.7. The number of ether oxygens (including phenoxy) is 4. The maximum Gasteiger partial charge on any atom is 0.340 e. The lowest BCUT2D eigenvalue weighted by Gasteiger charge is -2.25. The maximum atomic E-state index is 13.6. The molecule has 0 atom stereocenters. The lowest BCUT2D eigenvalue weighted by Crippen LogP contribution is -2.38. The molecule has 0 aliphatic heterocycles. The molecule has 0 unspecified atom stereocenters. The summed E-state index contributed by atoms with van der Waals surface area (Å²) in [5, 5.41) is 2.73. The molecule has 3 aromatic rings. The van der Waals surface area contributed by atoms with Crippen molar-refractivity contribution in [2.24, 2.45) is 0 Å². The van der Waals surface area contributed by atoms with E-state index in [-0.39, 0.29) is 38.4 Å². The van der Waals surface area contributed by atoms with Crippen LogP contribution in [0, 0.1) is 0 Å². The van der Waals surface area contributed by atoms with Gasteiger partial charge < -0.3 is 24.3 Å². The molecule has 3 aromatic carbocycles. The second-order valence-electron chi connectivity index (χ2n) is 7.44. The van der Waals surface area contributed by atoms with Crippen LogP contribution in [0.3, 0.4) is 0 Å².